The summed E-state index contributed by atoms with van der Waals surface area (Å²) >= 11 is 1.90. The minimum Gasteiger partial charge on any atom is -0.308 e. The van der Waals surface area contributed by atoms with Gasteiger partial charge in [-0.25, -0.2) is 0 Å². The highest BCUT2D eigenvalue weighted by Gasteiger charge is 2.15. The first-order valence-corrected chi connectivity index (χ1v) is 7.04. The number of hydrogen-bond acceptors (Lipinski definition) is 3. The molecular weight excluding hydrogens is 242 g/mol. The molecule has 0 atom stereocenters. The zero-order chi connectivity index (χ0) is 13.2. The second-order valence-corrected chi connectivity index (χ2v) is 6.81. The number of thiophene rings is 1. The summed E-state index contributed by atoms with van der Waals surface area (Å²) in [5, 5.41) is 7.61. The van der Waals surface area contributed by atoms with Crippen LogP contribution >= 0.6 is 11.3 Å². The molecule has 0 saturated heterocycles. The van der Waals surface area contributed by atoms with Crippen molar-refractivity contribution in [3.8, 4) is 0 Å². The summed E-state index contributed by atoms with van der Waals surface area (Å²) in [6, 6.07) is 4.47. The van der Waals surface area contributed by atoms with Crippen LogP contribution in [0.4, 0.5) is 0 Å². The number of hydrogen-bond donors (Lipinski definition) is 1. The lowest BCUT2D eigenvalue weighted by molar-refractivity contribution is 0.604. The highest BCUT2D eigenvalue weighted by molar-refractivity contribution is 7.12. The van der Waals surface area contributed by atoms with Crippen LogP contribution in [0.1, 0.15) is 36.1 Å². The van der Waals surface area contributed by atoms with Crippen LogP contribution in [0.3, 0.4) is 0 Å². The van der Waals surface area contributed by atoms with Gasteiger partial charge in [0, 0.05) is 41.7 Å². The molecule has 2 aromatic rings. The Morgan fingerprint density at radius 2 is 2.06 bits per heavy atom. The molecule has 0 saturated carbocycles. The van der Waals surface area contributed by atoms with Crippen molar-refractivity contribution in [2.75, 3.05) is 0 Å². The van der Waals surface area contributed by atoms with Crippen molar-refractivity contribution in [1.29, 1.82) is 0 Å². The Morgan fingerprint density at radius 1 is 1.28 bits per heavy atom. The molecule has 2 rings (SSSR count). The number of aromatic nitrogens is 2. The summed E-state index contributed by atoms with van der Waals surface area (Å²) in [4.78, 5) is 2.84. The lowest BCUT2D eigenvalue weighted by atomic mass is 9.95. The van der Waals surface area contributed by atoms with E-state index in [-0.39, 0.29) is 5.41 Å². The lowest BCUT2D eigenvalue weighted by Crippen LogP contribution is -2.11. The molecule has 1 N–H and O–H groups in total. The molecule has 0 amide bonds. The molecule has 3 nitrogen and oxygen atoms in total. The van der Waals surface area contributed by atoms with Crippen LogP contribution in [0.25, 0.3) is 0 Å². The maximum absolute atomic E-state index is 4.16. The smallest absolute Gasteiger partial charge is 0.0534 e. The Kier molecular flexibility index (Phi) is 3.88. The summed E-state index contributed by atoms with van der Waals surface area (Å²) in [5.41, 5.74) is 1.48. The standard InChI is InChI=1S/C14H21N3S/c1-14(2,3)13-6-5-12(18-13)9-15-7-11-8-16-17(4)10-11/h5-6,8,10,15H,7,9H2,1-4H3. The molecule has 18 heavy (non-hydrogen) atoms. The average Bonchev–Trinajstić information content (AvgIpc) is 2.87. The second kappa shape index (κ2) is 5.24. The van der Waals surface area contributed by atoms with Gasteiger partial charge in [-0.15, -0.1) is 11.3 Å². The van der Waals surface area contributed by atoms with Crippen molar-refractivity contribution >= 4 is 11.3 Å². The largest absolute Gasteiger partial charge is 0.308 e. The minimum absolute atomic E-state index is 0.256. The normalized spacial score (nSPS) is 12.0. The van der Waals surface area contributed by atoms with E-state index in [9.17, 15) is 0 Å². The average molecular weight is 263 g/mol. The van der Waals surface area contributed by atoms with Crippen molar-refractivity contribution < 1.29 is 0 Å². The first kappa shape index (κ1) is 13.3. The fraction of sp³-hybridized carbons (Fsp3) is 0.500. The fourth-order valence-electron chi connectivity index (χ4n) is 1.77. The van der Waals surface area contributed by atoms with E-state index in [1.807, 2.05) is 35.5 Å². The van der Waals surface area contributed by atoms with E-state index < -0.39 is 0 Å². The Bertz CT molecular complexity index is 505. The maximum Gasteiger partial charge on any atom is 0.0534 e. The molecule has 2 aromatic heterocycles. The Balaban J connectivity index is 1.85. The van der Waals surface area contributed by atoms with Crippen LogP contribution < -0.4 is 5.32 Å². The SMILES string of the molecule is Cn1cc(CNCc2ccc(C(C)(C)C)s2)cn1. The molecule has 2 heterocycles. The molecule has 0 radical (unpaired) electrons. The number of rotatable bonds is 4. The quantitative estimate of drug-likeness (QED) is 0.918. The zero-order valence-electron chi connectivity index (χ0n) is 11.5. The highest BCUT2D eigenvalue weighted by Crippen LogP contribution is 2.29. The fourth-order valence-corrected chi connectivity index (χ4v) is 2.80. The zero-order valence-corrected chi connectivity index (χ0v) is 12.3. The third-order valence-corrected chi connectivity index (χ3v) is 4.30. The second-order valence-electron chi connectivity index (χ2n) is 5.64. The van der Waals surface area contributed by atoms with Gasteiger partial charge in [0.25, 0.3) is 0 Å². The van der Waals surface area contributed by atoms with Crippen LogP contribution in [0.2, 0.25) is 0 Å². The number of aryl methyl sites for hydroxylation is 1. The molecule has 98 valence electrons. The van der Waals surface area contributed by atoms with Crippen LogP contribution in [-0.2, 0) is 25.6 Å². The molecule has 0 unspecified atom stereocenters. The van der Waals surface area contributed by atoms with Gasteiger partial charge in [-0.2, -0.15) is 5.10 Å². The van der Waals surface area contributed by atoms with Crippen LogP contribution in [0.15, 0.2) is 24.5 Å². The van der Waals surface area contributed by atoms with Crippen LogP contribution in [-0.4, -0.2) is 9.78 Å². The third kappa shape index (κ3) is 3.43. The van der Waals surface area contributed by atoms with E-state index in [1.54, 1.807) is 0 Å². The van der Waals surface area contributed by atoms with Crippen molar-refractivity contribution in [2.45, 2.75) is 39.3 Å². The van der Waals surface area contributed by atoms with Crippen molar-refractivity contribution in [3.63, 3.8) is 0 Å². The van der Waals surface area contributed by atoms with Gasteiger partial charge in [-0.05, 0) is 17.5 Å². The summed E-state index contributed by atoms with van der Waals surface area (Å²) in [5.74, 6) is 0. The number of nitrogens with one attached hydrogen (secondary N) is 1. The summed E-state index contributed by atoms with van der Waals surface area (Å²) in [6.07, 6.45) is 3.95. The Hall–Kier alpha value is -1.13. The molecule has 0 aliphatic carbocycles. The van der Waals surface area contributed by atoms with Gasteiger partial charge in [0.15, 0.2) is 0 Å². The van der Waals surface area contributed by atoms with Gasteiger partial charge in [0.2, 0.25) is 0 Å². The van der Waals surface area contributed by atoms with Gasteiger partial charge in [0.05, 0.1) is 6.20 Å². The molecule has 0 bridgehead atoms. The van der Waals surface area contributed by atoms with Gasteiger partial charge in [-0.3, -0.25) is 4.68 Å². The van der Waals surface area contributed by atoms with Crippen LogP contribution in [0, 0.1) is 0 Å². The first-order chi connectivity index (χ1) is 8.45. The molecular formula is C14H21N3S. The third-order valence-electron chi connectivity index (χ3n) is 2.79. The predicted octanol–water partition coefficient (Wildman–Crippen LogP) is 3.07. The van der Waals surface area contributed by atoms with Crippen molar-refractivity contribution in [2.24, 2.45) is 7.05 Å². The van der Waals surface area contributed by atoms with E-state index in [4.69, 9.17) is 0 Å². The number of nitrogens with zero attached hydrogens (tertiary/aromatic N) is 2. The van der Waals surface area contributed by atoms with E-state index in [1.165, 1.54) is 15.3 Å². The van der Waals surface area contributed by atoms with Gasteiger partial charge in [0.1, 0.15) is 0 Å². The molecule has 0 spiro atoms. The van der Waals surface area contributed by atoms with Gasteiger partial charge < -0.3 is 5.32 Å². The maximum atomic E-state index is 4.16. The predicted molar refractivity (Wildman–Crippen MR) is 76.8 cm³/mol. The molecule has 0 aliphatic rings. The van der Waals surface area contributed by atoms with E-state index >= 15 is 0 Å². The molecule has 0 fully saturated rings. The lowest BCUT2D eigenvalue weighted by Gasteiger charge is -2.15. The molecule has 0 aliphatic heterocycles. The van der Waals surface area contributed by atoms with Crippen molar-refractivity contribution in [1.82, 2.24) is 15.1 Å². The van der Waals surface area contributed by atoms with Crippen LogP contribution in [0.5, 0.6) is 0 Å². The summed E-state index contributed by atoms with van der Waals surface area (Å²) in [6.45, 7) is 8.56. The summed E-state index contributed by atoms with van der Waals surface area (Å²) < 4.78 is 1.83. The Labute approximate surface area is 113 Å². The highest BCUT2D eigenvalue weighted by atomic mass is 32.1. The minimum atomic E-state index is 0.256. The molecule has 0 aromatic carbocycles. The first-order valence-electron chi connectivity index (χ1n) is 6.22. The van der Waals surface area contributed by atoms with E-state index in [2.05, 4.69) is 43.3 Å². The summed E-state index contributed by atoms with van der Waals surface area (Å²) in [7, 11) is 1.94. The van der Waals surface area contributed by atoms with Crippen molar-refractivity contribution in [3.05, 3.63) is 39.8 Å². The Morgan fingerprint density at radius 3 is 2.61 bits per heavy atom. The monoisotopic (exact) mass is 263 g/mol. The van der Waals surface area contributed by atoms with Gasteiger partial charge in [-0.1, -0.05) is 20.8 Å². The van der Waals surface area contributed by atoms with E-state index in [0.29, 0.717) is 0 Å². The topological polar surface area (TPSA) is 29.9 Å². The van der Waals surface area contributed by atoms with Gasteiger partial charge >= 0.3 is 0 Å². The molecule has 4 heteroatoms. The van der Waals surface area contributed by atoms with E-state index in [0.717, 1.165) is 13.1 Å².